The first-order valence-corrected chi connectivity index (χ1v) is 6.16. The van der Waals surface area contributed by atoms with E-state index in [0.29, 0.717) is 0 Å². The molecule has 6 heteroatoms. The molecule has 4 nitrogen and oxygen atoms in total. The lowest BCUT2D eigenvalue weighted by Gasteiger charge is -2.05. The van der Waals surface area contributed by atoms with Crippen LogP contribution in [-0.2, 0) is 6.54 Å². The molecule has 0 aliphatic heterocycles. The van der Waals surface area contributed by atoms with E-state index in [1.807, 2.05) is 0 Å². The van der Waals surface area contributed by atoms with Gasteiger partial charge < -0.3 is 9.73 Å². The summed E-state index contributed by atoms with van der Waals surface area (Å²) < 4.78 is 17.5. The van der Waals surface area contributed by atoms with Crippen molar-refractivity contribution in [2.45, 2.75) is 6.54 Å². The maximum absolute atomic E-state index is 12.7. The Kier molecular flexibility index (Phi) is 4.11. The van der Waals surface area contributed by atoms with Gasteiger partial charge in [-0.2, -0.15) is 0 Å². The van der Waals surface area contributed by atoms with E-state index in [1.54, 1.807) is 12.1 Å². The number of benzene rings is 1. The molecule has 1 aromatic heterocycles. The molecule has 0 radical (unpaired) electrons. The molecule has 2 rings (SSSR count). The van der Waals surface area contributed by atoms with Crippen molar-refractivity contribution in [2.75, 3.05) is 0 Å². The highest BCUT2D eigenvalue weighted by Gasteiger charge is 2.08. The number of halogens is 2. The zero-order valence-corrected chi connectivity index (χ0v) is 11.2. The maximum atomic E-state index is 12.7. The molecule has 0 saturated carbocycles. The predicted molar refractivity (Wildman–Crippen MR) is 70.2 cm³/mol. The number of nitrogens with one attached hydrogen (secondary N) is 1. The van der Waals surface area contributed by atoms with E-state index in [2.05, 4.69) is 25.7 Å². The Bertz CT molecular complexity index is 652. The van der Waals surface area contributed by atoms with Gasteiger partial charge in [-0.05, 0) is 39.7 Å². The Morgan fingerprint density at radius 1 is 1.32 bits per heavy atom. The van der Waals surface area contributed by atoms with Crippen LogP contribution in [0.3, 0.4) is 0 Å². The van der Waals surface area contributed by atoms with Crippen LogP contribution in [0, 0.1) is 5.82 Å². The Hall–Kier alpha value is -1.95. The summed E-state index contributed by atoms with van der Waals surface area (Å²) in [6.45, 7) is 0.260. The monoisotopic (exact) mass is 325 g/mol. The van der Waals surface area contributed by atoms with Crippen molar-refractivity contribution >= 4 is 21.8 Å². The van der Waals surface area contributed by atoms with Crippen LogP contribution in [0.1, 0.15) is 15.9 Å². The lowest BCUT2D eigenvalue weighted by Crippen LogP contribution is -2.23. The fourth-order valence-electron chi connectivity index (χ4n) is 1.41. The van der Waals surface area contributed by atoms with Crippen LogP contribution in [-0.4, -0.2) is 5.91 Å². The summed E-state index contributed by atoms with van der Waals surface area (Å²) in [4.78, 5) is 22.8. The molecule has 0 saturated heterocycles. The van der Waals surface area contributed by atoms with E-state index in [-0.39, 0.29) is 28.3 Å². The summed E-state index contributed by atoms with van der Waals surface area (Å²) in [5.41, 5.74) is 0.454. The van der Waals surface area contributed by atoms with Crippen LogP contribution in [0.15, 0.2) is 50.3 Å². The van der Waals surface area contributed by atoms with Gasteiger partial charge in [-0.25, -0.2) is 9.18 Å². The van der Waals surface area contributed by atoms with Crippen LogP contribution < -0.4 is 10.9 Å². The second-order valence-electron chi connectivity index (χ2n) is 3.78. The van der Waals surface area contributed by atoms with Crippen molar-refractivity contribution in [3.63, 3.8) is 0 Å². The summed E-state index contributed by atoms with van der Waals surface area (Å²) in [5.74, 6) is -0.711. The van der Waals surface area contributed by atoms with Crippen molar-refractivity contribution in [3.8, 4) is 0 Å². The normalized spacial score (nSPS) is 10.2. The number of carbonyl (C=O) groups excluding carboxylic acids is 1. The third kappa shape index (κ3) is 3.51. The van der Waals surface area contributed by atoms with Crippen molar-refractivity contribution in [1.82, 2.24) is 5.32 Å². The van der Waals surface area contributed by atoms with Crippen molar-refractivity contribution in [1.29, 1.82) is 0 Å². The van der Waals surface area contributed by atoms with E-state index in [0.717, 1.165) is 11.8 Å². The molecule has 0 bridgehead atoms. The van der Waals surface area contributed by atoms with Crippen molar-refractivity contribution in [2.24, 2.45) is 0 Å². The molecular weight excluding hydrogens is 317 g/mol. The molecule has 0 aliphatic carbocycles. The highest BCUT2D eigenvalue weighted by atomic mass is 79.9. The highest BCUT2D eigenvalue weighted by molar-refractivity contribution is 9.10. The molecular formula is C13H9BrFNO3. The third-order valence-corrected chi connectivity index (χ3v) is 2.95. The first kappa shape index (κ1) is 13.5. The molecule has 0 unspecified atom stereocenters. The Labute approximate surface area is 116 Å². The molecule has 19 heavy (non-hydrogen) atoms. The van der Waals surface area contributed by atoms with Crippen LogP contribution in [0.2, 0.25) is 0 Å². The van der Waals surface area contributed by atoms with Crippen LogP contribution in [0.25, 0.3) is 0 Å². The summed E-state index contributed by atoms with van der Waals surface area (Å²) in [6.07, 6.45) is 1.09. The molecule has 1 heterocycles. The molecule has 0 aliphatic rings. The highest BCUT2D eigenvalue weighted by Crippen LogP contribution is 2.07. The largest absolute Gasteiger partial charge is 0.430 e. The van der Waals surface area contributed by atoms with Gasteiger partial charge in [-0.15, -0.1) is 0 Å². The van der Waals surface area contributed by atoms with Gasteiger partial charge >= 0.3 is 5.63 Å². The van der Waals surface area contributed by atoms with Gasteiger partial charge in [0.25, 0.3) is 5.91 Å². The van der Waals surface area contributed by atoms with Gasteiger partial charge in [0.2, 0.25) is 0 Å². The number of hydrogen-bond acceptors (Lipinski definition) is 3. The molecule has 0 spiro atoms. The Balaban J connectivity index is 2.03. The van der Waals surface area contributed by atoms with Crippen LogP contribution in [0.5, 0.6) is 0 Å². The zero-order chi connectivity index (χ0) is 13.8. The van der Waals surface area contributed by atoms with Crippen LogP contribution >= 0.6 is 15.9 Å². The smallest absolute Gasteiger partial charge is 0.350 e. The number of rotatable bonds is 3. The van der Waals surface area contributed by atoms with Gasteiger partial charge in [-0.3, -0.25) is 4.79 Å². The standard InChI is InChI=1S/C13H9BrFNO3/c14-11-5-9(7-19-13(11)18)12(17)16-6-8-1-3-10(15)4-2-8/h1-5,7H,6H2,(H,16,17). The third-order valence-electron chi connectivity index (χ3n) is 2.40. The number of carbonyl (C=O) groups is 1. The first-order chi connectivity index (χ1) is 9.06. The summed E-state index contributed by atoms with van der Waals surface area (Å²) in [5, 5.41) is 2.64. The molecule has 1 N–H and O–H groups in total. The Morgan fingerprint density at radius 3 is 2.63 bits per heavy atom. The fourth-order valence-corrected chi connectivity index (χ4v) is 1.75. The van der Waals surface area contributed by atoms with Gasteiger partial charge in [0.1, 0.15) is 16.6 Å². The van der Waals surface area contributed by atoms with Gasteiger partial charge in [0.05, 0.1) is 5.56 Å². The van der Waals surface area contributed by atoms with Gasteiger partial charge in [0.15, 0.2) is 0 Å². The lowest BCUT2D eigenvalue weighted by atomic mass is 10.2. The zero-order valence-electron chi connectivity index (χ0n) is 9.65. The average Bonchev–Trinajstić information content (AvgIpc) is 2.41. The number of amides is 1. The minimum Gasteiger partial charge on any atom is -0.430 e. The molecule has 2 aromatic rings. The average molecular weight is 326 g/mol. The molecule has 1 amide bonds. The minimum absolute atomic E-state index is 0.182. The topological polar surface area (TPSA) is 59.3 Å². The SMILES string of the molecule is O=C(NCc1ccc(F)cc1)c1coc(=O)c(Br)c1. The molecule has 1 aromatic carbocycles. The number of hydrogen-bond donors (Lipinski definition) is 1. The van der Waals surface area contributed by atoms with E-state index in [9.17, 15) is 14.0 Å². The van der Waals surface area contributed by atoms with E-state index in [1.165, 1.54) is 18.2 Å². The second-order valence-corrected chi connectivity index (χ2v) is 4.63. The Morgan fingerprint density at radius 2 is 2.00 bits per heavy atom. The summed E-state index contributed by atoms with van der Waals surface area (Å²) in [6, 6.07) is 7.18. The minimum atomic E-state index is -0.546. The van der Waals surface area contributed by atoms with E-state index < -0.39 is 5.63 Å². The summed E-state index contributed by atoms with van der Waals surface area (Å²) in [7, 11) is 0. The van der Waals surface area contributed by atoms with Crippen LogP contribution in [0.4, 0.5) is 4.39 Å². The van der Waals surface area contributed by atoms with Crippen molar-refractivity contribution < 1.29 is 13.6 Å². The first-order valence-electron chi connectivity index (χ1n) is 5.37. The van der Waals surface area contributed by atoms with Crippen molar-refractivity contribution in [3.05, 3.63) is 68.4 Å². The molecule has 98 valence electrons. The quantitative estimate of drug-likeness (QED) is 0.943. The maximum Gasteiger partial charge on any atom is 0.350 e. The summed E-state index contributed by atoms with van der Waals surface area (Å²) >= 11 is 2.99. The molecule has 0 fully saturated rings. The lowest BCUT2D eigenvalue weighted by molar-refractivity contribution is 0.0948. The van der Waals surface area contributed by atoms with E-state index in [4.69, 9.17) is 0 Å². The fraction of sp³-hybridized carbons (Fsp3) is 0.0769. The second kappa shape index (κ2) is 5.79. The predicted octanol–water partition coefficient (Wildman–Crippen LogP) is 2.47. The van der Waals surface area contributed by atoms with Gasteiger partial charge in [0, 0.05) is 6.54 Å². The van der Waals surface area contributed by atoms with Gasteiger partial charge in [-0.1, -0.05) is 12.1 Å². The molecule has 0 atom stereocenters. The van der Waals surface area contributed by atoms with E-state index >= 15 is 0 Å².